The van der Waals surface area contributed by atoms with Gasteiger partial charge < -0.3 is 14.9 Å². The van der Waals surface area contributed by atoms with Crippen molar-refractivity contribution in [2.24, 2.45) is 0 Å². The lowest BCUT2D eigenvalue weighted by atomic mass is 10.1. The first-order valence-corrected chi connectivity index (χ1v) is 4.97. The topological polar surface area (TPSA) is 49.7 Å². The second-order valence-electron chi connectivity index (χ2n) is 3.98. The molecule has 0 amide bonds. The highest BCUT2D eigenvalue weighted by molar-refractivity contribution is 4.68. The summed E-state index contributed by atoms with van der Waals surface area (Å²) in [5.41, 5.74) is -0.367. The van der Waals surface area contributed by atoms with E-state index in [-0.39, 0.29) is 5.60 Å². The normalized spacial score (nSPS) is 17.1. The van der Waals surface area contributed by atoms with Crippen LogP contribution in [-0.4, -0.2) is 28.2 Å². The van der Waals surface area contributed by atoms with E-state index in [4.69, 9.17) is 4.74 Å². The Bertz CT molecular complexity index is 134. The van der Waals surface area contributed by atoms with Gasteiger partial charge in [-0.3, -0.25) is 0 Å². The zero-order chi connectivity index (χ0) is 10.5. The van der Waals surface area contributed by atoms with E-state index in [1.807, 2.05) is 27.7 Å². The van der Waals surface area contributed by atoms with Crippen LogP contribution in [0.25, 0.3) is 0 Å². The third-order valence-corrected chi connectivity index (χ3v) is 2.20. The van der Waals surface area contributed by atoms with Crippen LogP contribution in [0.1, 0.15) is 47.0 Å². The summed E-state index contributed by atoms with van der Waals surface area (Å²) >= 11 is 0. The molecule has 3 nitrogen and oxygen atoms in total. The average Bonchev–Trinajstić information content (AvgIpc) is 2.04. The average molecular weight is 190 g/mol. The Morgan fingerprint density at radius 1 is 1.23 bits per heavy atom. The number of ether oxygens (including phenoxy) is 1. The number of aliphatic hydroxyl groups excluding tert-OH is 2. The quantitative estimate of drug-likeness (QED) is 0.626. The monoisotopic (exact) mass is 190 g/mol. The molecule has 0 aromatic carbocycles. The van der Waals surface area contributed by atoms with Crippen molar-refractivity contribution in [3.63, 3.8) is 0 Å². The first-order valence-electron chi connectivity index (χ1n) is 4.97. The van der Waals surface area contributed by atoms with E-state index in [1.165, 1.54) is 0 Å². The molecule has 0 aliphatic carbocycles. The molecule has 0 heterocycles. The van der Waals surface area contributed by atoms with Crippen LogP contribution in [0.2, 0.25) is 0 Å². The Hall–Kier alpha value is -0.120. The van der Waals surface area contributed by atoms with Crippen LogP contribution < -0.4 is 0 Å². The summed E-state index contributed by atoms with van der Waals surface area (Å²) in [6, 6.07) is 0. The van der Waals surface area contributed by atoms with E-state index in [0.29, 0.717) is 6.42 Å². The molecule has 13 heavy (non-hydrogen) atoms. The minimum Gasteiger partial charge on any atom is -0.388 e. The molecule has 3 heteroatoms. The summed E-state index contributed by atoms with van der Waals surface area (Å²) in [7, 11) is 0. The van der Waals surface area contributed by atoms with Gasteiger partial charge in [0.1, 0.15) is 6.10 Å². The zero-order valence-electron chi connectivity index (χ0n) is 9.08. The van der Waals surface area contributed by atoms with Crippen LogP contribution in [0.4, 0.5) is 0 Å². The van der Waals surface area contributed by atoms with Crippen molar-refractivity contribution in [2.75, 3.05) is 0 Å². The molecule has 0 aromatic rings. The fraction of sp³-hybridized carbons (Fsp3) is 1.00. The van der Waals surface area contributed by atoms with Crippen molar-refractivity contribution in [3.05, 3.63) is 0 Å². The second-order valence-corrected chi connectivity index (χ2v) is 3.98. The highest BCUT2D eigenvalue weighted by atomic mass is 16.6. The van der Waals surface area contributed by atoms with Crippen LogP contribution in [0, 0.1) is 0 Å². The van der Waals surface area contributed by atoms with Crippen LogP contribution in [0.15, 0.2) is 0 Å². The third kappa shape index (κ3) is 5.24. The van der Waals surface area contributed by atoms with Crippen molar-refractivity contribution in [1.29, 1.82) is 0 Å². The minimum absolute atomic E-state index is 0.367. The molecule has 0 bridgehead atoms. The highest BCUT2D eigenvalue weighted by Gasteiger charge is 2.24. The van der Waals surface area contributed by atoms with Crippen LogP contribution >= 0.6 is 0 Å². The number of aliphatic hydroxyl groups is 2. The molecule has 0 saturated carbocycles. The van der Waals surface area contributed by atoms with Gasteiger partial charge in [-0.2, -0.15) is 0 Å². The molecule has 1 unspecified atom stereocenters. The maximum Gasteiger partial charge on any atom is 0.181 e. The SMILES string of the molecule is CCC[C@@H](O)C(O)OC(C)(C)CC. The predicted molar refractivity (Wildman–Crippen MR) is 52.4 cm³/mol. The molecule has 0 fully saturated rings. The lowest BCUT2D eigenvalue weighted by molar-refractivity contribution is -0.217. The molecular formula is C10H22O3. The summed E-state index contributed by atoms with van der Waals surface area (Å²) in [4.78, 5) is 0. The predicted octanol–water partition coefficient (Wildman–Crippen LogP) is 1.67. The molecule has 0 aliphatic heterocycles. The van der Waals surface area contributed by atoms with Gasteiger partial charge >= 0.3 is 0 Å². The van der Waals surface area contributed by atoms with Crippen molar-refractivity contribution in [1.82, 2.24) is 0 Å². The van der Waals surface area contributed by atoms with Gasteiger partial charge in [-0.1, -0.05) is 20.3 Å². The third-order valence-electron chi connectivity index (χ3n) is 2.20. The summed E-state index contributed by atoms with van der Waals surface area (Å²) in [5, 5.41) is 18.8. The fourth-order valence-electron chi connectivity index (χ4n) is 0.927. The van der Waals surface area contributed by atoms with Gasteiger partial charge in [-0.15, -0.1) is 0 Å². The van der Waals surface area contributed by atoms with Gasteiger partial charge in [0.15, 0.2) is 6.29 Å². The summed E-state index contributed by atoms with van der Waals surface area (Å²) < 4.78 is 5.31. The maximum atomic E-state index is 9.44. The smallest absolute Gasteiger partial charge is 0.181 e. The molecule has 0 spiro atoms. The first-order chi connectivity index (χ1) is 5.93. The molecule has 2 N–H and O–H groups in total. The van der Waals surface area contributed by atoms with Gasteiger partial charge in [0.2, 0.25) is 0 Å². The van der Waals surface area contributed by atoms with Crippen molar-refractivity contribution in [3.8, 4) is 0 Å². The molecule has 2 atom stereocenters. The van der Waals surface area contributed by atoms with Crippen molar-refractivity contribution in [2.45, 2.75) is 65.0 Å². The van der Waals surface area contributed by atoms with Gasteiger partial charge in [0.05, 0.1) is 5.60 Å². The molecule has 0 aliphatic rings. The second kappa shape index (κ2) is 5.58. The molecule has 0 saturated heterocycles. The van der Waals surface area contributed by atoms with Crippen LogP contribution in [-0.2, 0) is 4.74 Å². The Kier molecular flexibility index (Phi) is 5.53. The summed E-state index contributed by atoms with van der Waals surface area (Å²) in [6.07, 6.45) is 0.392. The largest absolute Gasteiger partial charge is 0.388 e. The zero-order valence-corrected chi connectivity index (χ0v) is 9.08. The van der Waals surface area contributed by atoms with Gasteiger partial charge in [-0.25, -0.2) is 0 Å². The molecule has 80 valence electrons. The van der Waals surface area contributed by atoms with E-state index in [9.17, 15) is 10.2 Å². The fourth-order valence-corrected chi connectivity index (χ4v) is 0.927. The van der Waals surface area contributed by atoms with E-state index < -0.39 is 12.4 Å². The Balaban J connectivity index is 3.91. The standard InChI is InChI=1S/C10H22O3/c1-5-7-8(11)9(12)13-10(3,4)6-2/h8-9,11-12H,5-7H2,1-4H3/t8-,9?/m1/s1. The van der Waals surface area contributed by atoms with Crippen LogP contribution in [0.5, 0.6) is 0 Å². The maximum absolute atomic E-state index is 9.44. The molecule has 0 aromatic heterocycles. The van der Waals surface area contributed by atoms with E-state index >= 15 is 0 Å². The number of hydrogen-bond donors (Lipinski definition) is 2. The molecule has 0 radical (unpaired) electrons. The number of hydrogen-bond acceptors (Lipinski definition) is 3. The lowest BCUT2D eigenvalue weighted by Gasteiger charge is -2.29. The number of rotatable bonds is 6. The Morgan fingerprint density at radius 3 is 2.15 bits per heavy atom. The first kappa shape index (κ1) is 12.9. The van der Waals surface area contributed by atoms with E-state index in [0.717, 1.165) is 12.8 Å². The Labute approximate surface area is 80.7 Å². The minimum atomic E-state index is -1.06. The summed E-state index contributed by atoms with van der Waals surface area (Å²) in [5.74, 6) is 0. The van der Waals surface area contributed by atoms with Gasteiger partial charge in [-0.05, 0) is 26.7 Å². The molecular weight excluding hydrogens is 168 g/mol. The Morgan fingerprint density at radius 2 is 1.77 bits per heavy atom. The van der Waals surface area contributed by atoms with Gasteiger partial charge in [0.25, 0.3) is 0 Å². The highest BCUT2D eigenvalue weighted by Crippen LogP contribution is 2.17. The van der Waals surface area contributed by atoms with Crippen LogP contribution in [0.3, 0.4) is 0 Å². The van der Waals surface area contributed by atoms with E-state index in [1.54, 1.807) is 0 Å². The van der Waals surface area contributed by atoms with E-state index in [2.05, 4.69) is 0 Å². The summed E-state index contributed by atoms with van der Waals surface area (Å²) in [6.45, 7) is 7.74. The van der Waals surface area contributed by atoms with Gasteiger partial charge in [0, 0.05) is 0 Å². The molecule has 0 rings (SSSR count). The van der Waals surface area contributed by atoms with Crippen molar-refractivity contribution >= 4 is 0 Å². The lowest BCUT2D eigenvalue weighted by Crippen LogP contribution is -2.37. The van der Waals surface area contributed by atoms with Crippen molar-refractivity contribution < 1.29 is 14.9 Å².